The highest BCUT2D eigenvalue weighted by atomic mass is 35.5. The average Bonchev–Trinajstić information content (AvgIpc) is 2.12. The third kappa shape index (κ3) is 6.61. The van der Waals surface area contributed by atoms with Crippen LogP contribution in [0.15, 0.2) is 0 Å². The Morgan fingerprint density at radius 2 is 1.92 bits per heavy atom. The van der Waals surface area contributed by atoms with Gasteiger partial charge in [0.05, 0.1) is 0 Å². The van der Waals surface area contributed by atoms with Crippen LogP contribution in [0.2, 0.25) is 0 Å². The molecule has 13 heavy (non-hydrogen) atoms. The van der Waals surface area contributed by atoms with Gasteiger partial charge in [-0.15, -0.1) is 0 Å². The van der Waals surface area contributed by atoms with Crippen LogP contribution in [0.3, 0.4) is 0 Å². The molecule has 5 heteroatoms. The van der Waals surface area contributed by atoms with Crippen molar-refractivity contribution in [1.82, 2.24) is 4.90 Å². The lowest BCUT2D eigenvalue weighted by atomic mass is 10.5. The van der Waals surface area contributed by atoms with E-state index in [1.165, 1.54) is 11.8 Å². The number of thioether (sulfide) groups is 1. The minimum Gasteiger partial charge on any atom is -0.303 e. The molecule has 0 aromatic rings. The molecule has 0 rings (SSSR count). The molecular weight excluding hydrogens is 229 g/mol. The summed E-state index contributed by atoms with van der Waals surface area (Å²) in [5, 5.41) is -0.157. The van der Waals surface area contributed by atoms with Crippen LogP contribution in [0.25, 0.3) is 0 Å². The first-order chi connectivity index (χ1) is 6.11. The molecule has 0 saturated heterocycles. The highest BCUT2D eigenvalue weighted by molar-refractivity contribution is 8.14. The predicted molar refractivity (Wildman–Crippen MR) is 60.7 cm³/mol. The molecule has 0 aromatic heterocycles. The number of alkyl halides is 2. The van der Waals surface area contributed by atoms with E-state index in [1.807, 2.05) is 0 Å². The summed E-state index contributed by atoms with van der Waals surface area (Å²) in [5.41, 5.74) is 0. The first-order valence-corrected chi connectivity index (χ1v) is 6.14. The summed E-state index contributed by atoms with van der Waals surface area (Å²) in [7, 11) is 0. The predicted octanol–water partition coefficient (Wildman–Crippen LogP) is 2.39. The monoisotopic (exact) mass is 243 g/mol. The first kappa shape index (κ1) is 13.6. The van der Waals surface area contributed by atoms with Crippen molar-refractivity contribution in [2.24, 2.45) is 0 Å². The van der Waals surface area contributed by atoms with Crippen LogP contribution in [0.5, 0.6) is 0 Å². The maximum absolute atomic E-state index is 11.0. The van der Waals surface area contributed by atoms with Crippen LogP contribution in [0, 0.1) is 0 Å². The van der Waals surface area contributed by atoms with Crippen LogP contribution in [0.1, 0.15) is 13.8 Å². The van der Waals surface area contributed by atoms with Crippen molar-refractivity contribution in [3.05, 3.63) is 0 Å². The van der Waals surface area contributed by atoms with E-state index in [2.05, 4.69) is 18.7 Å². The Morgan fingerprint density at radius 1 is 1.38 bits per heavy atom. The summed E-state index contributed by atoms with van der Waals surface area (Å²) in [6.07, 6.45) is 0. The fourth-order valence-electron chi connectivity index (χ4n) is 0.878. The molecule has 0 saturated carbocycles. The van der Waals surface area contributed by atoms with Crippen LogP contribution in [-0.2, 0) is 4.79 Å². The normalized spacial score (nSPS) is 11.2. The van der Waals surface area contributed by atoms with E-state index < -0.39 is 4.84 Å². The molecule has 0 spiro atoms. The number of rotatable bonds is 6. The lowest BCUT2D eigenvalue weighted by molar-refractivity contribution is -0.109. The summed E-state index contributed by atoms with van der Waals surface area (Å²) in [4.78, 5) is 12.3. The van der Waals surface area contributed by atoms with Gasteiger partial charge in [0.15, 0.2) is 4.84 Å². The lowest BCUT2D eigenvalue weighted by Crippen LogP contribution is -2.25. The zero-order chi connectivity index (χ0) is 10.3. The van der Waals surface area contributed by atoms with E-state index in [-0.39, 0.29) is 5.12 Å². The Hall–Kier alpha value is 0.560. The summed E-state index contributed by atoms with van der Waals surface area (Å²) in [5.74, 6) is 0.760. The Bertz CT molecular complexity index is 151. The first-order valence-electron chi connectivity index (χ1n) is 4.28. The fraction of sp³-hybridized carbons (Fsp3) is 0.875. The van der Waals surface area contributed by atoms with Gasteiger partial charge in [0.25, 0.3) is 0 Å². The molecule has 2 nitrogen and oxygen atoms in total. The standard InChI is InChI=1S/C8H15Cl2NOS/c1-3-11(4-2)5-6-13-8(12)7(9)10/h7H,3-6H2,1-2H3. The maximum atomic E-state index is 11.0. The number of carbonyl (C=O) groups is 1. The maximum Gasteiger partial charge on any atom is 0.221 e. The largest absolute Gasteiger partial charge is 0.303 e. The van der Waals surface area contributed by atoms with Gasteiger partial charge in [0.1, 0.15) is 0 Å². The molecule has 0 amide bonds. The number of hydrogen-bond donors (Lipinski definition) is 0. The van der Waals surface area contributed by atoms with Gasteiger partial charge >= 0.3 is 0 Å². The highest BCUT2D eigenvalue weighted by Gasteiger charge is 2.11. The Labute approximate surface area is 93.9 Å². The molecule has 78 valence electrons. The van der Waals surface area contributed by atoms with Gasteiger partial charge in [-0.1, -0.05) is 48.8 Å². The van der Waals surface area contributed by atoms with Crippen molar-refractivity contribution in [3.63, 3.8) is 0 Å². The van der Waals surface area contributed by atoms with Gasteiger partial charge in [-0.05, 0) is 13.1 Å². The number of carbonyl (C=O) groups excluding carboxylic acids is 1. The highest BCUT2D eigenvalue weighted by Crippen LogP contribution is 2.13. The molecule has 0 unspecified atom stereocenters. The third-order valence-electron chi connectivity index (χ3n) is 1.72. The molecule has 0 aromatic carbocycles. The second-order valence-electron chi connectivity index (χ2n) is 2.50. The molecule has 0 bridgehead atoms. The second kappa shape index (κ2) is 7.92. The minimum atomic E-state index is -0.887. The van der Waals surface area contributed by atoms with Crippen molar-refractivity contribution in [2.45, 2.75) is 18.7 Å². The van der Waals surface area contributed by atoms with Gasteiger partial charge in [0.2, 0.25) is 5.12 Å². The zero-order valence-electron chi connectivity index (χ0n) is 7.93. The number of nitrogens with zero attached hydrogens (tertiary/aromatic N) is 1. The Morgan fingerprint density at radius 3 is 2.31 bits per heavy atom. The van der Waals surface area contributed by atoms with Gasteiger partial charge in [-0.25, -0.2) is 0 Å². The fourth-order valence-corrected chi connectivity index (χ4v) is 1.93. The summed E-state index contributed by atoms with van der Waals surface area (Å²) in [6, 6.07) is 0. The van der Waals surface area contributed by atoms with Crippen molar-refractivity contribution in [2.75, 3.05) is 25.4 Å². The van der Waals surface area contributed by atoms with Crippen LogP contribution >= 0.6 is 35.0 Å². The lowest BCUT2D eigenvalue weighted by Gasteiger charge is -2.16. The second-order valence-corrected chi connectivity index (χ2v) is 4.69. The molecule has 0 aliphatic rings. The van der Waals surface area contributed by atoms with Crippen molar-refractivity contribution < 1.29 is 4.79 Å². The molecule has 0 fully saturated rings. The van der Waals surface area contributed by atoms with E-state index in [9.17, 15) is 4.79 Å². The quantitative estimate of drug-likeness (QED) is 0.669. The van der Waals surface area contributed by atoms with Crippen molar-refractivity contribution >= 4 is 40.1 Å². The summed E-state index contributed by atoms with van der Waals surface area (Å²) in [6.45, 7) is 7.13. The molecular formula is C8H15Cl2NOS. The SMILES string of the molecule is CCN(CC)CCSC(=O)C(Cl)Cl. The molecule has 0 aliphatic heterocycles. The Balaban J connectivity index is 3.49. The Kier molecular flexibility index (Phi) is 8.26. The average molecular weight is 244 g/mol. The van der Waals surface area contributed by atoms with E-state index in [1.54, 1.807) is 0 Å². The van der Waals surface area contributed by atoms with Gasteiger partial charge in [0, 0.05) is 12.3 Å². The minimum absolute atomic E-state index is 0.157. The van der Waals surface area contributed by atoms with Gasteiger partial charge < -0.3 is 4.90 Å². The van der Waals surface area contributed by atoms with Crippen LogP contribution in [-0.4, -0.2) is 40.2 Å². The van der Waals surface area contributed by atoms with E-state index in [0.29, 0.717) is 0 Å². The zero-order valence-corrected chi connectivity index (χ0v) is 10.3. The third-order valence-corrected chi connectivity index (χ3v) is 3.29. The van der Waals surface area contributed by atoms with E-state index >= 15 is 0 Å². The van der Waals surface area contributed by atoms with Crippen molar-refractivity contribution in [3.8, 4) is 0 Å². The van der Waals surface area contributed by atoms with E-state index in [4.69, 9.17) is 23.2 Å². The van der Waals surface area contributed by atoms with Crippen LogP contribution in [0.4, 0.5) is 0 Å². The number of hydrogen-bond acceptors (Lipinski definition) is 3. The molecule has 0 aliphatic carbocycles. The molecule has 0 radical (unpaired) electrons. The molecule has 0 heterocycles. The van der Waals surface area contributed by atoms with Gasteiger partial charge in [-0.2, -0.15) is 0 Å². The number of halogens is 2. The summed E-state index contributed by atoms with van der Waals surface area (Å²) >= 11 is 12.0. The summed E-state index contributed by atoms with van der Waals surface area (Å²) < 4.78 is 0. The molecule has 0 N–H and O–H groups in total. The molecule has 0 atom stereocenters. The smallest absolute Gasteiger partial charge is 0.221 e. The van der Waals surface area contributed by atoms with Gasteiger partial charge in [-0.3, -0.25) is 4.79 Å². The topological polar surface area (TPSA) is 20.3 Å². The van der Waals surface area contributed by atoms with Crippen LogP contribution < -0.4 is 0 Å². The van der Waals surface area contributed by atoms with E-state index in [0.717, 1.165) is 25.4 Å². The van der Waals surface area contributed by atoms with Crippen molar-refractivity contribution in [1.29, 1.82) is 0 Å².